The van der Waals surface area contributed by atoms with Crippen LogP contribution in [-0.2, 0) is 16.1 Å². The van der Waals surface area contributed by atoms with E-state index in [1.54, 1.807) is 6.92 Å². The fourth-order valence-corrected chi connectivity index (χ4v) is 3.83. The number of nitrogens with zero attached hydrogens (tertiary/aromatic N) is 1. The monoisotopic (exact) mass is 406 g/mol. The van der Waals surface area contributed by atoms with Crippen molar-refractivity contribution in [3.63, 3.8) is 0 Å². The number of amides is 2. The number of anilines is 1. The zero-order valence-electron chi connectivity index (χ0n) is 16.8. The standard InChI is InChI=1S/C22H26N6O2/c1-13(21(29)25-11-14-7-8-17-18(9-14)27-28-20(17)23)26-22(30)19-10-16(12-24-19)15-5-3-2-4-6-15/h2-9,13,16,19,24H,10-12H2,1H3,(H,25,29)(H,26,30)(H3,23,27,28)/t13-,16-,19+/m0/s1. The molecule has 0 saturated carbocycles. The van der Waals surface area contributed by atoms with Crippen molar-refractivity contribution in [1.82, 2.24) is 26.1 Å². The van der Waals surface area contributed by atoms with E-state index in [1.165, 1.54) is 5.56 Å². The summed E-state index contributed by atoms with van der Waals surface area (Å²) >= 11 is 0. The fourth-order valence-electron chi connectivity index (χ4n) is 3.83. The number of fused-ring (bicyclic) bond motifs is 1. The summed E-state index contributed by atoms with van der Waals surface area (Å²) in [7, 11) is 0. The molecule has 1 aliphatic heterocycles. The average molecular weight is 406 g/mol. The number of rotatable bonds is 6. The molecule has 1 aromatic heterocycles. The van der Waals surface area contributed by atoms with Crippen molar-refractivity contribution in [3.8, 4) is 0 Å². The molecule has 2 aromatic carbocycles. The molecule has 0 spiro atoms. The first-order valence-corrected chi connectivity index (χ1v) is 10.1. The molecule has 4 rings (SSSR count). The zero-order valence-corrected chi connectivity index (χ0v) is 16.8. The van der Waals surface area contributed by atoms with Crippen LogP contribution >= 0.6 is 0 Å². The summed E-state index contributed by atoms with van der Waals surface area (Å²) < 4.78 is 0. The van der Waals surface area contributed by atoms with Crippen LogP contribution in [0, 0.1) is 0 Å². The van der Waals surface area contributed by atoms with Crippen LogP contribution in [0.2, 0.25) is 0 Å². The highest BCUT2D eigenvalue weighted by atomic mass is 16.2. The van der Waals surface area contributed by atoms with Gasteiger partial charge in [-0.05, 0) is 42.5 Å². The zero-order chi connectivity index (χ0) is 21.1. The Bertz CT molecular complexity index is 1050. The maximum absolute atomic E-state index is 12.6. The molecule has 1 aliphatic rings. The van der Waals surface area contributed by atoms with Crippen molar-refractivity contribution < 1.29 is 9.59 Å². The summed E-state index contributed by atoms with van der Waals surface area (Å²) in [4.78, 5) is 25.0. The maximum atomic E-state index is 12.6. The number of nitrogen functional groups attached to an aromatic ring is 1. The number of aromatic nitrogens is 2. The van der Waals surface area contributed by atoms with Crippen molar-refractivity contribution in [2.75, 3.05) is 12.3 Å². The number of aromatic amines is 1. The summed E-state index contributed by atoms with van der Waals surface area (Å²) in [6, 6.07) is 14.9. The molecule has 0 aliphatic carbocycles. The predicted octanol–water partition coefficient (Wildman–Crippen LogP) is 1.41. The molecule has 2 amide bonds. The average Bonchev–Trinajstić information content (AvgIpc) is 3.40. The van der Waals surface area contributed by atoms with Crippen LogP contribution in [0.15, 0.2) is 48.5 Å². The Morgan fingerprint density at radius 2 is 2.03 bits per heavy atom. The predicted molar refractivity (Wildman–Crippen MR) is 116 cm³/mol. The van der Waals surface area contributed by atoms with Crippen molar-refractivity contribution >= 4 is 28.5 Å². The molecule has 3 aromatic rings. The minimum atomic E-state index is -0.624. The minimum Gasteiger partial charge on any atom is -0.382 e. The number of hydrogen-bond donors (Lipinski definition) is 5. The van der Waals surface area contributed by atoms with Gasteiger partial charge in [0, 0.05) is 18.5 Å². The van der Waals surface area contributed by atoms with Crippen LogP contribution < -0.4 is 21.7 Å². The fraction of sp³-hybridized carbons (Fsp3) is 0.318. The lowest BCUT2D eigenvalue weighted by Gasteiger charge is -2.17. The molecule has 3 atom stereocenters. The molecule has 1 saturated heterocycles. The first-order chi connectivity index (χ1) is 14.5. The smallest absolute Gasteiger partial charge is 0.242 e. The Kier molecular flexibility index (Phi) is 5.67. The lowest BCUT2D eigenvalue weighted by atomic mass is 9.96. The van der Waals surface area contributed by atoms with Crippen LogP contribution in [0.5, 0.6) is 0 Å². The summed E-state index contributed by atoms with van der Waals surface area (Å²) in [5.74, 6) is 0.375. The van der Waals surface area contributed by atoms with Gasteiger partial charge in [0.15, 0.2) is 5.82 Å². The van der Waals surface area contributed by atoms with E-state index in [0.717, 1.165) is 29.4 Å². The van der Waals surface area contributed by atoms with E-state index in [1.807, 2.05) is 36.4 Å². The second kappa shape index (κ2) is 8.54. The molecule has 0 bridgehead atoms. The maximum Gasteiger partial charge on any atom is 0.242 e. The van der Waals surface area contributed by atoms with E-state index in [-0.39, 0.29) is 17.9 Å². The largest absolute Gasteiger partial charge is 0.382 e. The highest BCUT2D eigenvalue weighted by Crippen LogP contribution is 2.25. The summed E-state index contributed by atoms with van der Waals surface area (Å²) in [6.07, 6.45) is 0.720. The number of carbonyl (C=O) groups is 2. The van der Waals surface area contributed by atoms with Crippen LogP contribution in [0.3, 0.4) is 0 Å². The van der Waals surface area contributed by atoms with E-state index in [9.17, 15) is 9.59 Å². The summed E-state index contributed by atoms with van der Waals surface area (Å²) in [5, 5.41) is 16.6. The highest BCUT2D eigenvalue weighted by Gasteiger charge is 2.31. The van der Waals surface area contributed by atoms with Gasteiger partial charge in [0.2, 0.25) is 11.8 Å². The van der Waals surface area contributed by atoms with Gasteiger partial charge in [-0.25, -0.2) is 0 Å². The van der Waals surface area contributed by atoms with Crippen molar-refractivity contribution in [2.45, 2.75) is 37.9 Å². The van der Waals surface area contributed by atoms with Gasteiger partial charge in [-0.15, -0.1) is 0 Å². The molecule has 6 N–H and O–H groups in total. The van der Waals surface area contributed by atoms with Gasteiger partial charge in [-0.3, -0.25) is 14.7 Å². The molecule has 2 heterocycles. The van der Waals surface area contributed by atoms with Crippen LogP contribution in [0.4, 0.5) is 5.82 Å². The number of carbonyl (C=O) groups excluding carboxylic acids is 2. The van der Waals surface area contributed by atoms with E-state index in [4.69, 9.17) is 5.73 Å². The molecule has 0 unspecified atom stereocenters. The quantitative estimate of drug-likeness (QED) is 0.423. The molecule has 30 heavy (non-hydrogen) atoms. The van der Waals surface area contributed by atoms with E-state index < -0.39 is 6.04 Å². The third-order valence-electron chi connectivity index (χ3n) is 5.59. The highest BCUT2D eigenvalue weighted by molar-refractivity contribution is 5.90. The molecule has 156 valence electrons. The summed E-state index contributed by atoms with van der Waals surface area (Å²) in [6.45, 7) is 2.80. The van der Waals surface area contributed by atoms with Crippen LogP contribution in [0.25, 0.3) is 10.9 Å². The lowest BCUT2D eigenvalue weighted by molar-refractivity contribution is -0.129. The third kappa shape index (κ3) is 4.28. The third-order valence-corrected chi connectivity index (χ3v) is 5.59. The molecule has 8 nitrogen and oxygen atoms in total. The van der Waals surface area contributed by atoms with Crippen molar-refractivity contribution in [1.29, 1.82) is 0 Å². The van der Waals surface area contributed by atoms with Crippen LogP contribution in [0.1, 0.15) is 30.4 Å². The number of H-pyrrole nitrogens is 1. The van der Waals surface area contributed by atoms with Crippen LogP contribution in [-0.4, -0.2) is 40.6 Å². The first kappa shape index (κ1) is 19.9. The second-order valence-electron chi connectivity index (χ2n) is 7.74. The molecular weight excluding hydrogens is 380 g/mol. The Balaban J connectivity index is 1.27. The Hall–Kier alpha value is -3.39. The van der Waals surface area contributed by atoms with E-state index >= 15 is 0 Å². The van der Waals surface area contributed by atoms with Gasteiger partial charge in [0.25, 0.3) is 0 Å². The van der Waals surface area contributed by atoms with Gasteiger partial charge in [0.05, 0.1) is 11.6 Å². The van der Waals surface area contributed by atoms with Crippen molar-refractivity contribution in [2.24, 2.45) is 0 Å². The Morgan fingerprint density at radius 3 is 2.83 bits per heavy atom. The van der Waals surface area contributed by atoms with Gasteiger partial charge >= 0.3 is 0 Å². The minimum absolute atomic E-state index is 0.148. The second-order valence-corrected chi connectivity index (χ2v) is 7.74. The lowest BCUT2D eigenvalue weighted by Crippen LogP contribution is -2.49. The number of benzene rings is 2. The molecular formula is C22H26N6O2. The topological polar surface area (TPSA) is 125 Å². The SMILES string of the molecule is C[C@H](NC(=O)[C@H]1C[C@H](c2ccccc2)CN1)C(=O)NCc1ccc2c(N)n[nH]c2c1. The normalized spacial score (nSPS) is 19.5. The van der Waals surface area contributed by atoms with Crippen molar-refractivity contribution in [3.05, 3.63) is 59.7 Å². The Labute approximate surface area is 174 Å². The van der Waals surface area contributed by atoms with Gasteiger partial charge < -0.3 is 21.7 Å². The molecule has 0 radical (unpaired) electrons. The molecule has 1 fully saturated rings. The first-order valence-electron chi connectivity index (χ1n) is 10.1. The Morgan fingerprint density at radius 1 is 1.23 bits per heavy atom. The number of hydrogen-bond acceptors (Lipinski definition) is 5. The molecule has 8 heteroatoms. The van der Waals surface area contributed by atoms with Gasteiger partial charge in [-0.2, -0.15) is 5.10 Å². The van der Waals surface area contributed by atoms with Gasteiger partial charge in [-0.1, -0.05) is 36.4 Å². The number of nitrogens with one attached hydrogen (secondary N) is 4. The van der Waals surface area contributed by atoms with Gasteiger partial charge in [0.1, 0.15) is 6.04 Å². The van der Waals surface area contributed by atoms with E-state index in [2.05, 4.69) is 38.3 Å². The summed E-state index contributed by atoms with van der Waals surface area (Å²) in [5.41, 5.74) is 8.73. The number of nitrogens with two attached hydrogens (primary N) is 1. The van der Waals surface area contributed by atoms with E-state index in [0.29, 0.717) is 18.3 Å².